The van der Waals surface area contributed by atoms with Gasteiger partial charge in [-0.25, -0.2) is 0 Å². The Bertz CT molecular complexity index is 1220. The Morgan fingerprint density at radius 1 is 1.15 bits per heavy atom. The Balaban J connectivity index is 1.62. The van der Waals surface area contributed by atoms with Crippen LogP contribution in [0.15, 0.2) is 58.0 Å². The molecule has 3 aromatic rings. The molecule has 0 saturated carbocycles. The Morgan fingerprint density at radius 2 is 1.91 bits per heavy atom. The summed E-state index contributed by atoms with van der Waals surface area (Å²) in [5, 5.41) is 3.98. The van der Waals surface area contributed by atoms with Gasteiger partial charge < -0.3 is 19.1 Å². The van der Waals surface area contributed by atoms with Crippen LogP contribution < -0.4 is 10.3 Å². The Labute approximate surface area is 203 Å². The first kappa shape index (κ1) is 23.8. The highest BCUT2D eigenvalue weighted by Crippen LogP contribution is 2.26. The average molecular weight is 480 g/mol. The summed E-state index contributed by atoms with van der Waals surface area (Å²) in [6.07, 6.45) is 0.396. The number of benzene rings is 1. The largest absolute Gasteiger partial charge is 0.496 e. The van der Waals surface area contributed by atoms with Crippen molar-refractivity contribution in [2.75, 3.05) is 27.2 Å². The molecule has 0 radical (unpaired) electrons. The number of methoxy groups -OCH3 is 1. The van der Waals surface area contributed by atoms with Crippen LogP contribution in [0, 0.1) is 0 Å². The minimum atomic E-state index is -0.286. The monoisotopic (exact) mass is 479 g/mol. The van der Waals surface area contributed by atoms with Crippen molar-refractivity contribution >= 4 is 23.2 Å². The number of carbonyl (C=O) groups excluding carboxylic acids is 2. The molecule has 1 aromatic carbocycles. The third kappa shape index (κ3) is 4.77. The standard InChI is InChI=1S/C26H29N3O4S/c1-18(20-7-5-4-6-8-20)25(31)28-11-9-21-24(22(33-3)15-23(30)29(21)13-12-28)26(32)27(2)16-19-10-14-34-17-19/h4-8,10,14-15,17-18H,9,11-13,16H2,1-3H3/t18-/m0/s1. The molecule has 7 nitrogen and oxygen atoms in total. The van der Waals surface area contributed by atoms with Crippen molar-refractivity contribution < 1.29 is 14.3 Å². The van der Waals surface area contributed by atoms with Gasteiger partial charge in [0.2, 0.25) is 5.91 Å². The lowest BCUT2D eigenvalue weighted by Gasteiger charge is -2.24. The fraction of sp³-hybridized carbons (Fsp3) is 0.346. The van der Waals surface area contributed by atoms with Gasteiger partial charge in [0.1, 0.15) is 11.3 Å². The number of rotatable bonds is 6. The van der Waals surface area contributed by atoms with Gasteiger partial charge >= 0.3 is 0 Å². The van der Waals surface area contributed by atoms with Gasteiger partial charge in [-0.15, -0.1) is 0 Å². The van der Waals surface area contributed by atoms with Crippen LogP contribution in [0.2, 0.25) is 0 Å². The van der Waals surface area contributed by atoms with Crippen LogP contribution >= 0.6 is 11.3 Å². The van der Waals surface area contributed by atoms with Gasteiger partial charge in [-0.1, -0.05) is 30.3 Å². The summed E-state index contributed by atoms with van der Waals surface area (Å²) in [6, 6.07) is 13.0. The van der Waals surface area contributed by atoms with E-state index < -0.39 is 0 Å². The average Bonchev–Trinajstić information content (AvgIpc) is 3.26. The number of ether oxygens (including phenoxy) is 1. The number of aromatic nitrogens is 1. The third-order valence-electron chi connectivity index (χ3n) is 6.36. The fourth-order valence-corrected chi connectivity index (χ4v) is 5.10. The maximum Gasteiger partial charge on any atom is 0.259 e. The molecule has 1 atom stereocenters. The predicted molar refractivity (Wildman–Crippen MR) is 133 cm³/mol. The maximum absolute atomic E-state index is 13.5. The van der Waals surface area contributed by atoms with Gasteiger partial charge in [-0.3, -0.25) is 14.4 Å². The van der Waals surface area contributed by atoms with Crippen LogP contribution in [0.5, 0.6) is 5.75 Å². The van der Waals surface area contributed by atoms with E-state index in [1.807, 2.05) is 54.1 Å². The fourth-order valence-electron chi connectivity index (χ4n) is 4.44. The molecule has 0 spiro atoms. The molecule has 0 bridgehead atoms. The van der Waals surface area contributed by atoms with Crippen molar-refractivity contribution in [1.29, 1.82) is 0 Å². The highest BCUT2D eigenvalue weighted by molar-refractivity contribution is 7.07. The van der Waals surface area contributed by atoms with Gasteiger partial charge in [-0.2, -0.15) is 11.3 Å². The number of amides is 2. The van der Waals surface area contributed by atoms with Crippen molar-refractivity contribution in [3.05, 3.63) is 86.0 Å². The number of fused-ring (bicyclic) bond motifs is 1. The quantitative estimate of drug-likeness (QED) is 0.544. The second-order valence-electron chi connectivity index (χ2n) is 8.52. The molecule has 34 heavy (non-hydrogen) atoms. The Kier molecular flexibility index (Phi) is 7.17. The van der Waals surface area contributed by atoms with Gasteiger partial charge in [0, 0.05) is 51.4 Å². The number of nitrogens with zero attached hydrogens (tertiary/aromatic N) is 3. The van der Waals surface area contributed by atoms with E-state index in [0.29, 0.717) is 43.9 Å². The van der Waals surface area contributed by atoms with E-state index in [1.54, 1.807) is 32.8 Å². The lowest BCUT2D eigenvalue weighted by Crippen LogP contribution is -2.36. The first-order valence-electron chi connectivity index (χ1n) is 11.3. The van der Waals surface area contributed by atoms with Gasteiger partial charge in [0.05, 0.1) is 13.0 Å². The van der Waals surface area contributed by atoms with Crippen LogP contribution in [-0.4, -0.2) is 53.4 Å². The minimum absolute atomic E-state index is 0.0153. The molecular formula is C26H29N3O4S. The number of hydrogen-bond acceptors (Lipinski definition) is 5. The van der Waals surface area contributed by atoms with Crippen molar-refractivity contribution in [3.8, 4) is 5.75 Å². The molecule has 1 aliphatic heterocycles. The zero-order valence-electron chi connectivity index (χ0n) is 19.7. The van der Waals surface area contributed by atoms with Crippen molar-refractivity contribution in [1.82, 2.24) is 14.4 Å². The van der Waals surface area contributed by atoms with Crippen molar-refractivity contribution in [2.45, 2.75) is 32.4 Å². The van der Waals surface area contributed by atoms with Gasteiger partial charge in [0.15, 0.2) is 0 Å². The summed E-state index contributed by atoms with van der Waals surface area (Å²) < 4.78 is 7.09. The van der Waals surface area contributed by atoms with Crippen LogP contribution in [0.25, 0.3) is 0 Å². The normalized spacial score (nSPS) is 14.1. The molecule has 8 heteroatoms. The van der Waals surface area contributed by atoms with E-state index in [-0.39, 0.29) is 29.0 Å². The first-order valence-corrected chi connectivity index (χ1v) is 12.3. The van der Waals surface area contributed by atoms with Crippen molar-refractivity contribution in [2.24, 2.45) is 0 Å². The highest BCUT2D eigenvalue weighted by atomic mass is 32.1. The summed E-state index contributed by atoms with van der Waals surface area (Å²) in [7, 11) is 3.21. The molecule has 0 aliphatic carbocycles. The summed E-state index contributed by atoms with van der Waals surface area (Å²) in [5.74, 6) is -0.201. The number of hydrogen-bond donors (Lipinski definition) is 0. The van der Waals surface area contributed by atoms with E-state index in [1.165, 1.54) is 13.2 Å². The maximum atomic E-state index is 13.5. The lowest BCUT2D eigenvalue weighted by atomic mass is 9.99. The molecule has 1 aliphatic rings. The second-order valence-corrected chi connectivity index (χ2v) is 9.30. The van der Waals surface area contributed by atoms with E-state index in [4.69, 9.17) is 4.74 Å². The van der Waals surface area contributed by atoms with Crippen LogP contribution in [0.1, 0.15) is 40.0 Å². The Hall–Kier alpha value is -3.39. The molecule has 0 saturated heterocycles. The molecule has 4 rings (SSSR count). The minimum Gasteiger partial charge on any atom is -0.496 e. The molecular weight excluding hydrogens is 450 g/mol. The van der Waals surface area contributed by atoms with Crippen LogP contribution in [0.4, 0.5) is 0 Å². The lowest BCUT2D eigenvalue weighted by molar-refractivity contribution is -0.132. The first-order chi connectivity index (χ1) is 16.4. The third-order valence-corrected chi connectivity index (χ3v) is 7.09. The van der Waals surface area contributed by atoms with E-state index in [9.17, 15) is 14.4 Å². The predicted octanol–water partition coefficient (Wildman–Crippen LogP) is 3.38. The smallest absolute Gasteiger partial charge is 0.259 e. The summed E-state index contributed by atoms with van der Waals surface area (Å²) in [5.41, 5.74) is 2.79. The van der Waals surface area contributed by atoms with E-state index >= 15 is 0 Å². The zero-order valence-corrected chi connectivity index (χ0v) is 20.5. The molecule has 0 unspecified atom stereocenters. The summed E-state index contributed by atoms with van der Waals surface area (Å²) in [6.45, 7) is 3.53. The van der Waals surface area contributed by atoms with E-state index in [2.05, 4.69) is 0 Å². The molecule has 3 heterocycles. The zero-order chi connectivity index (χ0) is 24.2. The summed E-state index contributed by atoms with van der Waals surface area (Å²) >= 11 is 1.58. The molecule has 0 N–H and O–H groups in total. The number of thiophene rings is 1. The molecule has 0 fully saturated rings. The van der Waals surface area contributed by atoms with Gasteiger partial charge in [-0.05, 0) is 34.9 Å². The van der Waals surface area contributed by atoms with Gasteiger partial charge in [0.25, 0.3) is 11.5 Å². The van der Waals surface area contributed by atoms with Crippen LogP contribution in [0.3, 0.4) is 0 Å². The van der Waals surface area contributed by atoms with Crippen molar-refractivity contribution in [3.63, 3.8) is 0 Å². The molecule has 178 valence electrons. The van der Waals surface area contributed by atoms with Crippen LogP contribution in [-0.2, 0) is 24.3 Å². The topological polar surface area (TPSA) is 71.8 Å². The SMILES string of the molecule is COc1cc(=O)n2c(c1C(=O)N(C)Cc1ccsc1)CCN(C(=O)[C@@H](C)c1ccccc1)CC2. The highest BCUT2D eigenvalue weighted by Gasteiger charge is 2.29. The molecule has 2 aromatic heterocycles. The molecule has 2 amide bonds. The Morgan fingerprint density at radius 3 is 2.59 bits per heavy atom. The van der Waals surface area contributed by atoms with E-state index in [0.717, 1.165) is 11.1 Å². The number of carbonyl (C=O) groups is 2. The number of pyridine rings is 1. The summed E-state index contributed by atoms with van der Waals surface area (Å²) in [4.78, 5) is 43.1. The second kappa shape index (κ2) is 10.3.